The molecule has 0 aromatic heterocycles. The standard InChI is InChI=1S/C17H19ClN2O2/c1-17(20,16(19)21)10-12-2-4-13(5-3-12)11-22-15-8-6-14(18)7-9-15/h2-9H,10-11,20H2,1H3,(H2,19,21). The first-order chi connectivity index (χ1) is 10.4. The quantitative estimate of drug-likeness (QED) is 0.859. The van der Waals surface area contributed by atoms with E-state index in [4.69, 9.17) is 27.8 Å². The summed E-state index contributed by atoms with van der Waals surface area (Å²) in [5.41, 5.74) is 12.1. The van der Waals surface area contributed by atoms with Crippen LogP contribution in [0.4, 0.5) is 0 Å². The molecule has 2 aromatic rings. The summed E-state index contributed by atoms with van der Waals surface area (Å²) in [5.74, 6) is 0.249. The Bertz CT molecular complexity index is 637. The zero-order valence-electron chi connectivity index (χ0n) is 12.4. The predicted molar refractivity (Wildman–Crippen MR) is 87.7 cm³/mol. The van der Waals surface area contributed by atoms with Gasteiger partial charge in [-0.1, -0.05) is 35.9 Å². The summed E-state index contributed by atoms with van der Waals surface area (Å²) in [5, 5.41) is 0.677. The maximum Gasteiger partial charge on any atom is 0.237 e. The van der Waals surface area contributed by atoms with Crippen LogP contribution >= 0.6 is 11.6 Å². The van der Waals surface area contributed by atoms with E-state index < -0.39 is 11.4 Å². The minimum atomic E-state index is -1.04. The molecule has 0 aliphatic carbocycles. The third-order valence-electron chi connectivity index (χ3n) is 3.38. The number of ether oxygens (including phenoxy) is 1. The van der Waals surface area contributed by atoms with Crippen molar-refractivity contribution in [3.63, 3.8) is 0 Å². The summed E-state index contributed by atoms with van der Waals surface area (Å²) in [4.78, 5) is 11.2. The third-order valence-corrected chi connectivity index (χ3v) is 3.63. The zero-order valence-corrected chi connectivity index (χ0v) is 13.1. The Morgan fingerprint density at radius 3 is 2.18 bits per heavy atom. The number of halogens is 1. The van der Waals surface area contributed by atoms with Crippen LogP contribution in [0.25, 0.3) is 0 Å². The molecular weight excluding hydrogens is 300 g/mol. The van der Waals surface area contributed by atoms with Crippen LogP contribution in [-0.4, -0.2) is 11.4 Å². The number of carbonyl (C=O) groups excluding carboxylic acids is 1. The van der Waals surface area contributed by atoms with Gasteiger partial charge in [-0.25, -0.2) is 0 Å². The van der Waals surface area contributed by atoms with E-state index in [1.54, 1.807) is 19.1 Å². The highest BCUT2D eigenvalue weighted by molar-refractivity contribution is 6.30. The lowest BCUT2D eigenvalue weighted by atomic mass is 9.93. The maximum absolute atomic E-state index is 11.2. The number of carbonyl (C=O) groups is 1. The zero-order chi connectivity index (χ0) is 16.2. The van der Waals surface area contributed by atoms with Crippen molar-refractivity contribution in [2.24, 2.45) is 11.5 Å². The lowest BCUT2D eigenvalue weighted by Gasteiger charge is -2.20. The topological polar surface area (TPSA) is 78.3 Å². The minimum absolute atomic E-state index is 0.403. The van der Waals surface area contributed by atoms with E-state index in [0.29, 0.717) is 18.1 Å². The van der Waals surface area contributed by atoms with E-state index in [1.165, 1.54) is 0 Å². The molecule has 0 saturated carbocycles. The van der Waals surface area contributed by atoms with E-state index in [1.807, 2.05) is 36.4 Å². The highest BCUT2D eigenvalue weighted by Gasteiger charge is 2.25. The minimum Gasteiger partial charge on any atom is -0.489 e. The molecule has 1 unspecified atom stereocenters. The van der Waals surface area contributed by atoms with Gasteiger partial charge >= 0.3 is 0 Å². The summed E-state index contributed by atoms with van der Waals surface area (Å²) in [6, 6.07) is 15.0. The Morgan fingerprint density at radius 2 is 1.64 bits per heavy atom. The van der Waals surface area contributed by atoms with Gasteiger partial charge in [0.1, 0.15) is 12.4 Å². The molecule has 0 fully saturated rings. The Balaban J connectivity index is 1.94. The summed E-state index contributed by atoms with van der Waals surface area (Å²) < 4.78 is 5.67. The Kier molecular flexibility index (Phi) is 5.06. The number of rotatable bonds is 6. The van der Waals surface area contributed by atoms with Gasteiger partial charge in [-0.3, -0.25) is 4.79 Å². The fourth-order valence-electron chi connectivity index (χ4n) is 1.96. The van der Waals surface area contributed by atoms with Gasteiger partial charge in [0.2, 0.25) is 5.91 Å². The van der Waals surface area contributed by atoms with Gasteiger partial charge in [0.25, 0.3) is 0 Å². The molecule has 4 nitrogen and oxygen atoms in total. The Labute approximate surface area is 135 Å². The summed E-state index contributed by atoms with van der Waals surface area (Å²) in [6.45, 7) is 2.09. The first-order valence-corrected chi connectivity index (χ1v) is 7.29. The van der Waals surface area contributed by atoms with Crippen molar-refractivity contribution in [2.75, 3.05) is 0 Å². The van der Waals surface area contributed by atoms with Crippen molar-refractivity contribution in [1.82, 2.24) is 0 Å². The molecule has 0 heterocycles. The van der Waals surface area contributed by atoms with Gasteiger partial charge in [-0.05, 0) is 48.7 Å². The van der Waals surface area contributed by atoms with Gasteiger partial charge in [0.15, 0.2) is 0 Å². The molecule has 0 bridgehead atoms. The molecule has 116 valence electrons. The van der Waals surface area contributed by atoms with E-state index in [0.717, 1.165) is 16.9 Å². The maximum atomic E-state index is 11.2. The van der Waals surface area contributed by atoms with Gasteiger partial charge in [-0.2, -0.15) is 0 Å². The van der Waals surface area contributed by atoms with Crippen molar-refractivity contribution >= 4 is 17.5 Å². The van der Waals surface area contributed by atoms with Crippen LogP contribution in [0.1, 0.15) is 18.1 Å². The SMILES string of the molecule is CC(N)(Cc1ccc(COc2ccc(Cl)cc2)cc1)C(N)=O. The Hall–Kier alpha value is -2.04. The molecule has 0 aliphatic rings. The average molecular weight is 319 g/mol. The first-order valence-electron chi connectivity index (χ1n) is 6.92. The van der Waals surface area contributed by atoms with Gasteiger partial charge in [0.05, 0.1) is 5.54 Å². The van der Waals surface area contributed by atoms with Crippen molar-refractivity contribution < 1.29 is 9.53 Å². The summed E-state index contributed by atoms with van der Waals surface area (Å²) in [7, 11) is 0. The highest BCUT2D eigenvalue weighted by atomic mass is 35.5. The van der Waals surface area contributed by atoms with Crippen molar-refractivity contribution in [2.45, 2.75) is 25.5 Å². The van der Waals surface area contributed by atoms with E-state index in [9.17, 15) is 4.79 Å². The van der Waals surface area contributed by atoms with Crippen molar-refractivity contribution in [3.8, 4) is 5.75 Å². The van der Waals surface area contributed by atoms with Crippen LogP contribution in [0.3, 0.4) is 0 Å². The van der Waals surface area contributed by atoms with Gasteiger partial charge in [0, 0.05) is 5.02 Å². The van der Waals surface area contributed by atoms with Crippen LogP contribution < -0.4 is 16.2 Å². The molecule has 5 heteroatoms. The van der Waals surface area contributed by atoms with Crippen LogP contribution in [0, 0.1) is 0 Å². The fraction of sp³-hybridized carbons (Fsp3) is 0.235. The Morgan fingerprint density at radius 1 is 1.09 bits per heavy atom. The lowest BCUT2D eigenvalue weighted by molar-refractivity contribution is -0.122. The number of hydrogen-bond donors (Lipinski definition) is 2. The van der Waals surface area contributed by atoms with Gasteiger partial charge < -0.3 is 16.2 Å². The van der Waals surface area contributed by atoms with E-state index in [2.05, 4.69) is 0 Å². The second kappa shape index (κ2) is 6.81. The highest BCUT2D eigenvalue weighted by Crippen LogP contribution is 2.17. The molecule has 2 aromatic carbocycles. The molecule has 0 radical (unpaired) electrons. The average Bonchev–Trinajstić information content (AvgIpc) is 2.48. The molecule has 2 rings (SSSR count). The van der Waals surface area contributed by atoms with Crippen LogP contribution in [0.15, 0.2) is 48.5 Å². The molecule has 1 atom stereocenters. The monoisotopic (exact) mass is 318 g/mol. The third kappa shape index (κ3) is 4.48. The number of amides is 1. The largest absolute Gasteiger partial charge is 0.489 e. The number of benzene rings is 2. The second-order valence-electron chi connectivity index (χ2n) is 5.52. The normalized spacial score (nSPS) is 13.4. The van der Waals surface area contributed by atoms with Crippen molar-refractivity contribution in [1.29, 1.82) is 0 Å². The molecule has 0 saturated heterocycles. The number of hydrogen-bond acceptors (Lipinski definition) is 3. The predicted octanol–water partition coefficient (Wildman–Crippen LogP) is 2.66. The van der Waals surface area contributed by atoms with Crippen LogP contribution in [-0.2, 0) is 17.8 Å². The summed E-state index contributed by atoms with van der Waals surface area (Å²) >= 11 is 5.82. The molecule has 22 heavy (non-hydrogen) atoms. The molecule has 4 N–H and O–H groups in total. The number of primary amides is 1. The van der Waals surface area contributed by atoms with Crippen LogP contribution in [0.2, 0.25) is 5.02 Å². The molecular formula is C17H19ClN2O2. The second-order valence-corrected chi connectivity index (χ2v) is 5.95. The smallest absolute Gasteiger partial charge is 0.237 e. The van der Waals surface area contributed by atoms with E-state index in [-0.39, 0.29) is 0 Å². The lowest BCUT2D eigenvalue weighted by Crippen LogP contribution is -2.51. The number of nitrogens with two attached hydrogens (primary N) is 2. The fourth-order valence-corrected chi connectivity index (χ4v) is 2.09. The first kappa shape index (κ1) is 16.3. The van der Waals surface area contributed by atoms with Crippen molar-refractivity contribution in [3.05, 3.63) is 64.7 Å². The summed E-state index contributed by atoms with van der Waals surface area (Å²) in [6.07, 6.45) is 0.403. The van der Waals surface area contributed by atoms with E-state index >= 15 is 0 Å². The molecule has 0 spiro atoms. The molecule has 0 aliphatic heterocycles. The van der Waals surface area contributed by atoms with Gasteiger partial charge in [-0.15, -0.1) is 0 Å². The molecule has 1 amide bonds. The van der Waals surface area contributed by atoms with Crippen LogP contribution in [0.5, 0.6) is 5.75 Å².